The Morgan fingerprint density at radius 1 is 1.70 bits per heavy atom. The molecule has 0 saturated heterocycles. The van der Waals surface area contributed by atoms with Gasteiger partial charge in [0, 0.05) is 12.8 Å². The van der Waals surface area contributed by atoms with E-state index < -0.39 is 0 Å². The van der Waals surface area contributed by atoms with E-state index in [2.05, 4.69) is 18.1 Å². The first-order valence-electron chi connectivity index (χ1n) is 3.43. The second-order valence-electron chi connectivity index (χ2n) is 2.40. The Morgan fingerprint density at radius 2 is 2.20 bits per heavy atom. The molecule has 0 spiro atoms. The Hall–Kier alpha value is -0.380. The van der Waals surface area contributed by atoms with Crippen molar-refractivity contribution in [2.75, 3.05) is 6.54 Å². The molecule has 3 nitrogen and oxygen atoms in total. The molecule has 0 rings (SSSR count). The molecular formula is C6H16N3S+. The van der Waals surface area contributed by atoms with Crippen molar-refractivity contribution in [1.29, 1.82) is 0 Å². The van der Waals surface area contributed by atoms with Crippen molar-refractivity contribution in [3.05, 3.63) is 0 Å². The first-order chi connectivity index (χ1) is 4.57. The van der Waals surface area contributed by atoms with Crippen LogP contribution in [-0.4, -0.2) is 22.5 Å². The smallest absolute Gasteiger partial charge is 0.290 e. The van der Waals surface area contributed by atoms with E-state index in [-0.39, 0.29) is 0 Å². The third-order valence-electron chi connectivity index (χ3n) is 1.01. The van der Waals surface area contributed by atoms with E-state index in [1.165, 1.54) is 0 Å². The van der Waals surface area contributed by atoms with Gasteiger partial charge < -0.3 is 0 Å². The zero-order valence-electron chi connectivity index (χ0n) is 6.76. The number of thiol groups is 1. The third kappa shape index (κ3) is 3.61. The average Bonchev–Trinajstić information content (AvgIpc) is 1.85. The van der Waals surface area contributed by atoms with Gasteiger partial charge in [0.05, 0.1) is 12.6 Å². The first kappa shape index (κ1) is 9.62. The third-order valence-corrected chi connectivity index (χ3v) is 1.51. The van der Waals surface area contributed by atoms with Gasteiger partial charge in [-0.25, -0.2) is 3.98 Å². The van der Waals surface area contributed by atoms with Gasteiger partial charge in [-0.2, -0.15) is 0 Å². The van der Waals surface area contributed by atoms with E-state index in [1.54, 1.807) is 3.98 Å². The SMILES string of the molecule is CC[N+](S)=C(N)NC(C)C. The molecule has 0 radical (unpaired) electrons. The highest BCUT2D eigenvalue weighted by Gasteiger charge is 2.03. The van der Waals surface area contributed by atoms with Gasteiger partial charge in [-0.05, 0) is 20.8 Å². The van der Waals surface area contributed by atoms with Crippen LogP contribution in [-0.2, 0) is 0 Å². The summed E-state index contributed by atoms with van der Waals surface area (Å²) in [5.41, 5.74) is 5.58. The average molecular weight is 162 g/mol. The van der Waals surface area contributed by atoms with Crippen LogP contribution in [0.1, 0.15) is 20.8 Å². The maximum Gasteiger partial charge on any atom is 0.354 e. The fourth-order valence-corrected chi connectivity index (χ4v) is 0.598. The predicted molar refractivity (Wildman–Crippen MR) is 47.3 cm³/mol. The molecule has 0 saturated carbocycles. The number of nitrogens with one attached hydrogen (secondary N) is 1. The fourth-order valence-electron chi connectivity index (χ4n) is 0.541. The monoisotopic (exact) mass is 162 g/mol. The molecule has 0 aromatic carbocycles. The van der Waals surface area contributed by atoms with Gasteiger partial charge >= 0.3 is 5.96 Å². The van der Waals surface area contributed by atoms with E-state index in [0.717, 1.165) is 6.54 Å². The van der Waals surface area contributed by atoms with Crippen molar-refractivity contribution in [3.63, 3.8) is 0 Å². The maximum atomic E-state index is 5.58. The quantitative estimate of drug-likeness (QED) is 0.235. The van der Waals surface area contributed by atoms with E-state index in [0.29, 0.717) is 12.0 Å². The van der Waals surface area contributed by atoms with Crippen molar-refractivity contribution in [2.45, 2.75) is 26.8 Å². The molecule has 0 bridgehead atoms. The molecule has 10 heavy (non-hydrogen) atoms. The van der Waals surface area contributed by atoms with E-state index >= 15 is 0 Å². The summed E-state index contributed by atoms with van der Waals surface area (Å²) < 4.78 is 1.67. The summed E-state index contributed by atoms with van der Waals surface area (Å²) in [6.45, 7) is 6.85. The van der Waals surface area contributed by atoms with Crippen LogP contribution in [0.5, 0.6) is 0 Å². The summed E-state index contributed by atoms with van der Waals surface area (Å²) in [5, 5.41) is 3.04. The van der Waals surface area contributed by atoms with Gasteiger partial charge in [0.25, 0.3) is 0 Å². The van der Waals surface area contributed by atoms with Gasteiger partial charge in [0.2, 0.25) is 0 Å². The number of nitrogens with two attached hydrogens (primary N) is 1. The summed E-state index contributed by atoms with van der Waals surface area (Å²) in [6.07, 6.45) is 0. The molecule has 4 heteroatoms. The molecule has 0 heterocycles. The molecule has 0 aliphatic rings. The van der Waals surface area contributed by atoms with Crippen molar-refractivity contribution < 1.29 is 3.98 Å². The van der Waals surface area contributed by atoms with Gasteiger partial charge in [0.15, 0.2) is 0 Å². The summed E-state index contributed by atoms with van der Waals surface area (Å²) in [4.78, 5) is 0. The molecule has 0 aliphatic carbocycles. The largest absolute Gasteiger partial charge is 0.354 e. The summed E-state index contributed by atoms with van der Waals surface area (Å²) in [6, 6.07) is 0.362. The van der Waals surface area contributed by atoms with Crippen molar-refractivity contribution in [1.82, 2.24) is 5.32 Å². The van der Waals surface area contributed by atoms with Crippen LogP contribution in [0.4, 0.5) is 0 Å². The minimum Gasteiger partial charge on any atom is -0.290 e. The number of hydrogen-bond donors (Lipinski definition) is 3. The Balaban J connectivity index is 3.92. The van der Waals surface area contributed by atoms with Crippen LogP contribution in [0, 0.1) is 0 Å². The highest BCUT2D eigenvalue weighted by atomic mass is 32.1. The Morgan fingerprint density at radius 3 is 2.50 bits per heavy atom. The van der Waals surface area contributed by atoms with E-state index in [1.807, 2.05) is 20.8 Å². The van der Waals surface area contributed by atoms with Crippen LogP contribution < -0.4 is 11.1 Å². The van der Waals surface area contributed by atoms with Crippen LogP contribution in [0.3, 0.4) is 0 Å². The zero-order chi connectivity index (χ0) is 8.15. The lowest BCUT2D eigenvalue weighted by molar-refractivity contribution is -0.341. The summed E-state index contributed by atoms with van der Waals surface area (Å²) in [7, 11) is 0. The summed E-state index contributed by atoms with van der Waals surface area (Å²) >= 11 is 4.11. The zero-order valence-corrected chi connectivity index (χ0v) is 7.65. The Bertz CT molecular complexity index is 131. The number of rotatable bonds is 2. The molecule has 0 unspecified atom stereocenters. The molecule has 3 N–H and O–H groups in total. The lowest BCUT2D eigenvalue weighted by Gasteiger charge is -2.04. The van der Waals surface area contributed by atoms with Crippen molar-refractivity contribution >= 4 is 18.8 Å². The number of nitrogens with zero attached hydrogens (tertiary/aromatic N) is 1. The second kappa shape index (κ2) is 4.44. The minimum atomic E-state index is 0.362. The predicted octanol–water partition coefficient (Wildman–Crippen LogP) is 0.176. The lowest BCUT2D eigenvalue weighted by atomic mass is 10.4. The Kier molecular flexibility index (Phi) is 4.27. The molecule has 0 aromatic heterocycles. The molecular weight excluding hydrogens is 146 g/mol. The lowest BCUT2D eigenvalue weighted by Crippen LogP contribution is -2.41. The Labute approximate surface area is 67.8 Å². The molecule has 60 valence electrons. The normalized spacial score (nSPS) is 13.3. The topological polar surface area (TPSA) is 41.1 Å². The van der Waals surface area contributed by atoms with Crippen LogP contribution in [0.15, 0.2) is 0 Å². The summed E-state index contributed by atoms with van der Waals surface area (Å²) in [5.74, 6) is 0.612. The first-order valence-corrected chi connectivity index (χ1v) is 3.83. The van der Waals surface area contributed by atoms with Gasteiger partial charge in [0.1, 0.15) is 0 Å². The maximum absolute atomic E-state index is 5.58. The van der Waals surface area contributed by atoms with E-state index in [9.17, 15) is 0 Å². The molecule has 0 atom stereocenters. The molecule has 0 aliphatic heterocycles. The fraction of sp³-hybridized carbons (Fsp3) is 0.833. The van der Waals surface area contributed by atoms with Crippen molar-refractivity contribution in [3.8, 4) is 0 Å². The molecule has 0 fully saturated rings. The van der Waals surface area contributed by atoms with Gasteiger partial charge in [-0.1, -0.05) is 0 Å². The number of guanidine groups is 1. The van der Waals surface area contributed by atoms with Gasteiger partial charge in [-0.15, -0.1) is 0 Å². The van der Waals surface area contributed by atoms with Crippen LogP contribution in [0.25, 0.3) is 0 Å². The number of hydrogen-bond acceptors (Lipinski definition) is 1. The minimum absolute atomic E-state index is 0.362. The highest BCUT2D eigenvalue weighted by Crippen LogP contribution is 1.80. The molecule has 0 amide bonds. The second-order valence-corrected chi connectivity index (χ2v) is 2.88. The molecule has 0 aromatic rings. The van der Waals surface area contributed by atoms with Crippen LogP contribution >= 0.6 is 12.8 Å². The standard InChI is InChI=1S/C6H15N3S/c1-4-9(10)6(7)8-5(2)3/h5,10H,4H2,1-3H3,(H2,7,8)/p+1. The van der Waals surface area contributed by atoms with E-state index in [4.69, 9.17) is 5.73 Å². The van der Waals surface area contributed by atoms with Crippen molar-refractivity contribution in [2.24, 2.45) is 5.73 Å². The highest BCUT2D eigenvalue weighted by molar-refractivity contribution is 7.73. The van der Waals surface area contributed by atoms with Crippen LogP contribution in [0.2, 0.25) is 0 Å². The van der Waals surface area contributed by atoms with Gasteiger partial charge in [-0.3, -0.25) is 11.1 Å².